The van der Waals surface area contributed by atoms with Crippen molar-refractivity contribution in [3.05, 3.63) is 17.5 Å². The number of hydrogen-bond donors (Lipinski definition) is 1. The molecule has 0 aliphatic rings. The van der Waals surface area contributed by atoms with Crippen molar-refractivity contribution in [2.75, 3.05) is 32.5 Å². The van der Waals surface area contributed by atoms with Gasteiger partial charge in [0.15, 0.2) is 10.8 Å². The summed E-state index contributed by atoms with van der Waals surface area (Å²) in [6, 6.07) is 0. The van der Waals surface area contributed by atoms with Gasteiger partial charge in [0.1, 0.15) is 5.52 Å². The minimum absolute atomic E-state index is 0.322. The molecule has 0 unspecified atom stereocenters. The number of nitrogens with one attached hydrogen (secondary N) is 1. The van der Waals surface area contributed by atoms with Gasteiger partial charge in [0.25, 0.3) is 0 Å². The van der Waals surface area contributed by atoms with Crippen LogP contribution < -0.4 is 5.32 Å². The first-order valence-electron chi connectivity index (χ1n) is 5.69. The van der Waals surface area contributed by atoms with Gasteiger partial charge >= 0.3 is 0 Å². The number of anilines is 1. The first-order valence-corrected chi connectivity index (χ1v) is 6.07. The maximum atomic E-state index is 6.02. The Hall–Kier alpha value is -1.53. The lowest BCUT2D eigenvalue weighted by Crippen LogP contribution is -2.17. The van der Waals surface area contributed by atoms with Crippen molar-refractivity contribution in [3.63, 3.8) is 0 Å². The molecule has 0 spiro atoms. The SMILES string of the molecule is CN(C)CCCNc1nc(Cl)c2nccnc2n1. The summed E-state index contributed by atoms with van der Waals surface area (Å²) in [5.74, 6) is 0.492. The molecule has 0 bridgehead atoms. The number of nitrogens with zero attached hydrogens (tertiary/aromatic N) is 5. The first-order chi connectivity index (χ1) is 8.66. The van der Waals surface area contributed by atoms with E-state index in [2.05, 4.69) is 30.2 Å². The molecule has 0 aliphatic carbocycles. The third-order valence-corrected chi connectivity index (χ3v) is 2.62. The molecule has 0 radical (unpaired) electrons. The summed E-state index contributed by atoms with van der Waals surface area (Å²) in [6.07, 6.45) is 4.16. The second kappa shape index (κ2) is 5.88. The molecule has 7 heteroatoms. The van der Waals surface area contributed by atoms with Crippen LogP contribution in [0.15, 0.2) is 12.4 Å². The summed E-state index contributed by atoms with van der Waals surface area (Å²) < 4.78 is 0. The van der Waals surface area contributed by atoms with Crippen LogP contribution in [0, 0.1) is 0 Å². The Bertz CT molecular complexity index is 530. The number of aromatic nitrogens is 4. The standard InChI is InChI=1S/C11H15ClN6/c1-18(2)7-3-4-15-11-16-9(12)8-10(17-11)14-6-5-13-8/h5-6H,3-4,7H2,1-2H3,(H,14,15,16,17). The van der Waals surface area contributed by atoms with Crippen molar-refractivity contribution in [2.24, 2.45) is 0 Å². The van der Waals surface area contributed by atoms with Crippen molar-refractivity contribution < 1.29 is 0 Å². The van der Waals surface area contributed by atoms with Crippen LogP contribution >= 0.6 is 11.6 Å². The second-order valence-corrected chi connectivity index (χ2v) is 4.51. The lowest BCUT2D eigenvalue weighted by Gasteiger charge is -2.10. The molecule has 0 fully saturated rings. The summed E-state index contributed by atoms with van der Waals surface area (Å²) in [5, 5.41) is 3.45. The molecule has 0 aliphatic heterocycles. The van der Waals surface area contributed by atoms with Gasteiger partial charge in [-0.1, -0.05) is 11.6 Å². The van der Waals surface area contributed by atoms with Gasteiger partial charge in [-0.15, -0.1) is 0 Å². The van der Waals surface area contributed by atoms with E-state index in [0.29, 0.717) is 22.3 Å². The maximum absolute atomic E-state index is 6.02. The number of rotatable bonds is 5. The first kappa shape index (κ1) is 12.9. The van der Waals surface area contributed by atoms with Gasteiger partial charge in [0.2, 0.25) is 5.95 Å². The van der Waals surface area contributed by atoms with Crippen molar-refractivity contribution in [1.29, 1.82) is 0 Å². The quantitative estimate of drug-likeness (QED) is 0.652. The number of hydrogen-bond acceptors (Lipinski definition) is 6. The van der Waals surface area contributed by atoms with E-state index in [1.807, 2.05) is 14.1 Å². The van der Waals surface area contributed by atoms with Crippen LogP contribution in [0.5, 0.6) is 0 Å². The van der Waals surface area contributed by atoms with E-state index in [9.17, 15) is 0 Å². The molecule has 2 rings (SSSR count). The molecule has 18 heavy (non-hydrogen) atoms. The lowest BCUT2D eigenvalue weighted by atomic mass is 10.4. The largest absolute Gasteiger partial charge is 0.354 e. The van der Waals surface area contributed by atoms with Crippen molar-refractivity contribution in [3.8, 4) is 0 Å². The van der Waals surface area contributed by atoms with Crippen LogP contribution in [0.3, 0.4) is 0 Å². The average Bonchev–Trinajstić information content (AvgIpc) is 2.35. The Balaban J connectivity index is 2.05. The molecule has 0 atom stereocenters. The van der Waals surface area contributed by atoms with Gasteiger partial charge in [-0.05, 0) is 27.1 Å². The van der Waals surface area contributed by atoms with Crippen molar-refractivity contribution in [1.82, 2.24) is 24.8 Å². The van der Waals surface area contributed by atoms with E-state index in [1.165, 1.54) is 0 Å². The average molecular weight is 267 g/mol. The fourth-order valence-corrected chi connectivity index (χ4v) is 1.72. The van der Waals surface area contributed by atoms with Crippen LogP contribution in [0.4, 0.5) is 5.95 Å². The topological polar surface area (TPSA) is 66.8 Å². The predicted molar refractivity (Wildman–Crippen MR) is 71.8 cm³/mol. The van der Waals surface area contributed by atoms with Gasteiger partial charge in [0, 0.05) is 18.9 Å². The molecule has 0 aromatic carbocycles. The van der Waals surface area contributed by atoms with Crippen LogP contribution in [0.2, 0.25) is 5.15 Å². The van der Waals surface area contributed by atoms with Gasteiger partial charge in [-0.3, -0.25) is 0 Å². The third kappa shape index (κ3) is 3.24. The molecule has 96 valence electrons. The van der Waals surface area contributed by atoms with Gasteiger partial charge < -0.3 is 10.2 Å². The summed E-state index contributed by atoms with van der Waals surface area (Å²) in [4.78, 5) is 18.7. The predicted octanol–water partition coefficient (Wildman–Crippen LogP) is 1.44. The zero-order valence-corrected chi connectivity index (χ0v) is 11.1. The molecule has 0 amide bonds. The van der Waals surface area contributed by atoms with Gasteiger partial charge in [-0.2, -0.15) is 9.97 Å². The zero-order valence-electron chi connectivity index (χ0n) is 10.4. The van der Waals surface area contributed by atoms with Crippen LogP contribution in [-0.4, -0.2) is 52.0 Å². The monoisotopic (exact) mass is 266 g/mol. The number of halogens is 1. The van der Waals surface area contributed by atoms with E-state index in [1.54, 1.807) is 12.4 Å². The third-order valence-electron chi connectivity index (χ3n) is 2.36. The van der Waals surface area contributed by atoms with E-state index in [4.69, 9.17) is 11.6 Å². The Labute approximate surface area is 110 Å². The molecule has 2 heterocycles. The van der Waals surface area contributed by atoms with Crippen molar-refractivity contribution in [2.45, 2.75) is 6.42 Å². The van der Waals surface area contributed by atoms with E-state index in [0.717, 1.165) is 19.5 Å². The Morgan fingerprint density at radius 2 is 2.00 bits per heavy atom. The van der Waals surface area contributed by atoms with E-state index in [-0.39, 0.29) is 0 Å². The fraction of sp³-hybridized carbons (Fsp3) is 0.455. The normalized spacial score (nSPS) is 11.1. The molecular weight excluding hydrogens is 252 g/mol. The minimum atomic E-state index is 0.322. The highest BCUT2D eigenvalue weighted by atomic mass is 35.5. The zero-order chi connectivity index (χ0) is 13.0. The van der Waals surface area contributed by atoms with Gasteiger partial charge in [-0.25, -0.2) is 9.97 Å². The second-order valence-electron chi connectivity index (χ2n) is 4.15. The highest BCUT2D eigenvalue weighted by Gasteiger charge is 2.07. The minimum Gasteiger partial charge on any atom is -0.354 e. The fourth-order valence-electron chi connectivity index (χ4n) is 1.50. The number of fused-ring (bicyclic) bond motifs is 1. The van der Waals surface area contributed by atoms with Crippen LogP contribution in [0.25, 0.3) is 11.2 Å². The molecule has 2 aromatic rings. The summed E-state index contributed by atoms with van der Waals surface area (Å²) in [5.41, 5.74) is 1.03. The molecule has 6 nitrogen and oxygen atoms in total. The van der Waals surface area contributed by atoms with E-state index < -0.39 is 0 Å². The van der Waals surface area contributed by atoms with Crippen LogP contribution in [-0.2, 0) is 0 Å². The summed E-state index contributed by atoms with van der Waals surface area (Å²) in [6.45, 7) is 1.80. The Kier molecular flexibility index (Phi) is 4.22. The Morgan fingerprint density at radius 1 is 1.22 bits per heavy atom. The Morgan fingerprint density at radius 3 is 2.78 bits per heavy atom. The molecule has 0 saturated heterocycles. The summed E-state index contributed by atoms with van der Waals surface area (Å²) in [7, 11) is 4.08. The lowest BCUT2D eigenvalue weighted by molar-refractivity contribution is 0.405. The molecule has 0 saturated carbocycles. The maximum Gasteiger partial charge on any atom is 0.226 e. The highest BCUT2D eigenvalue weighted by molar-refractivity contribution is 6.33. The summed E-state index contributed by atoms with van der Waals surface area (Å²) >= 11 is 6.02. The van der Waals surface area contributed by atoms with Crippen molar-refractivity contribution >= 4 is 28.7 Å². The molecular formula is C11H15ClN6. The molecule has 1 N–H and O–H groups in total. The van der Waals surface area contributed by atoms with Crippen LogP contribution in [0.1, 0.15) is 6.42 Å². The molecule has 2 aromatic heterocycles. The van der Waals surface area contributed by atoms with E-state index >= 15 is 0 Å². The smallest absolute Gasteiger partial charge is 0.226 e. The highest BCUT2D eigenvalue weighted by Crippen LogP contribution is 2.17. The van der Waals surface area contributed by atoms with Gasteiger partial charge in [0.05, 0.1) is 0 Å².